The number of aryl methyl sites for hydroxylation is 2. The van der Waals surface area contributed by atoms with Crippen LogP contribution in [-0.4, -0.2) is 23.3 Å². The summed E-state index contributed by atoms with van der Waals surface area (Å²) in [6.45, 7) is 8.38. The number of hydrogen-bond donors (Lipinski definition) is 0. The minimum absolute atomic E-state index is 0.158. The van der Waals surface area contributed by atoms with Crippen molar-refractivity contribution in [2.45, 2.75) is 65.5 Å². The zero-order chi connectivity index (χ0) is 14.5. The van der Waals surface area contributed by atoms with Crippen molar-refractivity contribution >= 4 is 5.78 Å². The van der Waals surface area contributed by atoms with Crippen LogP contribution in [0.25, 0.3) is 0 Å². The Morgan fingerprint density at radius 1 is 1.25 bits per heavy atom. The summed E-state index contributed by atoms with van der Waals surface area (Å²) in [5.74, 6) is 0.441. The van der Waals surface area contributed by atoms with Gasteiger partial charge in [-0.3, -0.25) is 9.69 Å². The molecule has 1 fully saturated rings. The Morgan fingerprint density at radius 2 is 2.05 bits per heavy atom. The minimum atomic E-state index is 0.158. The first kappa shape index (κ1) is 15.2. The van der Waals surface area contributed by atoms with E-state index in [9.17, 15) is 4.79 Å². The molecule has 1 aliphatic rings. The number of likely N-dealkylation sites (tertiary alicyclic amines) is 1. The highest BCUT2D eigenvalue weighted by Gasteiger charge is 2.27. The van der Waals surface area contributed by atoms with E-state index in [-0.39, 0.29) is 6.04 Å². The number of ketones is 1. The lowest BCUT2D eigenvalue weighted by Gasteiger charge is -2.34. The van der Waals surface area contributed by atoms with Crippen molar-refractivity contribution in [2.75, 3.05) is 6.54 Å². The number of rotatable bonds is 5. The molecular weight excluding hydrogens is 246 g/mol. The van der Waals surface area contributed by atoms with Crippen molar-refractivity contribution in [2.24, 2.45) is 0 Å². The van der Waals surface area contributed by atoms with Crippen LogP contribution >= 0.6 is 0 Å². The Bertz CT molecular complexity index is 466. The van der Waals surface area contributed by atoms with Crippen molar-refractivity contribution in [3.8, 4) is 0 Å². The van der Waals surface area contributed by atoms with Crippen LogP contribution in [0.4, 0.5) is 0 Å². The van der Waals surface area contributed by atoms with Gasteiger partial charge in [-0.15, -0.1) is 0 Å². The zero-order valence-electron chi connectivity index (χ0n) is 13.1. The van der Waals surface area contributed by atoms with Gasteiger partial charge in [0.25, 0.3) is 0 Å². The standard InChI is InChI=1S/C18H27NO/c1-4-7-18(20)17-8-5-6-11-19(17)13-16-10-9-14(2)15(3)12-16/h9-10,12,17H,4-8,11,13H2,1-3H3. The highest BCUT2D eigenvalue weighted by atomic mass is 16.1. The van der Waals surface area contributed by atoms with E-state index in [1.54, 1.807) is 0 Å². The van der Waals surface area contributed by atoms with E-state index in [1.165, 1.54) is 29.5 Å². The van der Waals surface area contributed by atoms with E-state index in [4.69, 9.17) is 0 Å². The summed E-state index contributed by atoms with van der Waals surface area (Å²) in [5.41, 5.74) is 4.02. The van der Waals surface area contributed by atoms with Gasteiger partial charge < -0.3 is 0 Å². The molecule has 0 N–H and O–H groups in total. The molecule has 1 heterocycles. The summed E-state index contributed by atoms with van der Waals surface area (Å²) in [6, 6.07) is 6.83. The summed E-state index contributed by atoms with van der Waals surface area (Å²) < 4.78 is 0. The Kier molecular flexibility index (Phi) is 5.36. The van der Waals surface area contributed by atoms with Gasteiger partial charge in [0.2, 0.25) is 0 Å². The summed E-state index contributed by atoms with van der Waals surface area (Å²) in [4.78, 5) is 14.7. The van der Waals surface area contributed by atoms with E-state index in [0.29, 0.717) is 5.78 Å². The molecule has 2 heteroatoms. The number of hydrogen-bond acceptors (Lipinski definition) is 2. The first-order valence-electron chi connectivity index (χ1n) is 7.94. The van der Waals surface area contributed by atoms with Gasteiger partial charge in [0.05, 0.1) is 6.04 Å². The SMILES string of the molecule is CCCC(=O)C1CCCCN1Cc1ccc(C)c(C)c1. The van der Waals surface area contributed by atoms with E-state index >= 15 is 0 Å². The lowest BCUT2D eigenvalue weighted by molar-refractivity contribution is -0.125. The van der Waals surface area contributed by atoms with Crippen LogP contribution in [0.1, 0.15) is 55.7 Å². The highest BCUT2D eigenvalue weighted by Crippen LogP contribution is 2.22. The molecule has 0 radical (unpaired) electrons. The first-order valence-corrected chi connectivity index (χ1v) is 7.94. The van der Waals surface area contributed by atoms with Crippen LogP contribution < -0.4 is 0 Å². The van der Waals surface area contributed by atoms with Crippen LogP contribution in [-0.2, 0) is 11.3 Å². The molecule has 1 saturated heterocycles. The van der Waals surface area contributed by atoms with E-state index in [0.717, 1.165) is 32.4 Å². The van der Waals surface area contributed by atoms with Gasteiger partial charge >= 0.3 is 0 Å². The number of nitrogens with zero attached hydrogens (tertiary/aromatic N) is 1. The summed E-state index contributed by atoms with van der Waals surface area (Å²) in [5, 5.41) is 0. The second kappa shape index (κ2) is 7.03. The highest BCUT2D eigenvalue weighted by molar-refractivity contribution is 5.84. The molecule has 1 unspecified atom stereocenters. The number of benzene rings is 1. The maximum atomic E-state index is 12.3. The molecule has 110 valence electrons. The fourth-order valence-corrected chi connectivity index (χ4v) is 3.09. The number of carbonyl (C=O) groups excluding carboxylic acids is 1. The molecule has 20 heavy (non-hydrogen) atoms. The van der Waals surface area contributed by atoms with Crippen molar-refractivity contribution in [1.29, 1.82) is 0 Å². The van der Waals surface area contributed by atoms with Gasteiger partial charge in [-0.05, 0) is 56.3 Å². The smallest absolute Gasteiger partial charge is 0.149 e. The minimum Gasteiger partial charge on any atom is -0.298 e. The van der Waals surface area contributed by atoms with Crippen LogP contribution in [0.15, 0.2) is 18.2 Å². The molecule has 2 rings (SSSR count). The van der Waals surface area contributed by atoms with Crippen LogP contribution in [0.3, 0.4) is 0 Å². The van der Waals surface area contributed by atoms with Crippen molar-refractivity contribution < 1.29 is 4.79 Å². The van der Waals surface area contributed by atoms with E-state index in [1.807, 2.05) is 0 Å². The van der Waals surface area contributed by atoms with Crippen LogP contribution in [0.5, 0.6) is 0 Å². The molecular formula is C18H27NO. The average Bonchev–Trinajstić information content (AvgIpc) is 2.44. The Hall–Kier alpha value is -1.15. The molecule has 1 aromatic carbocycles. The summed E-state index contributed by atoms with van der Waals surface area (Å²) >= 11 is 0. The molecule has 2 nitrogen and oxygen atoms in total. The molecule has 0 saturated carbocycles. The van der Waals surface area contributed by atoms with Gasteiger partial charge in [0.1, 0.15) is 5.78 Å². The normalized spacial score (nSPS) is 20.1. The maximum absolute atomic E-state index is 12.3. The van der Waals surface area contributed by atoms with Crippen molar-refractivity contribution in [1.82, 2.24) is 4.90 Å². The van der Waals surface area contributed by atoms with Crippen molar-refractivity contribution in [3.05, 3.63) is 34.9 Å². The van der Waals surface area contributed by atoms with Crippen molar-refractivity contribution in [3.63, 3.8) is 0 Å². The van der Waals surface area contributed by atoms with Gasteiger partial charge in [0, 0.05) is 13.0 Å². The predicted octanol–water partition coefficient (Wildman–Crippen LogP) is 4.03. The number of carbonyl (C=O) groups is 1. The molecule has 0 spiro atoms. The molecule has 0 bridgehead atoms. The second-order valence-electron chi connectivity index (χ2n) is 6.12. The predicted molar refractivity (Wildman–Crippen MR) is 83.9 cm³/mol. The molecule has 0 aromatic heterocycles. The fraction of sp³-hybridized carbons (Fsp3) is 0.611. The topological polar surface area (TPSA) is 20.3 Å². The third-order valence-electron chi connectivity index (χ3n) is 4.44. The van der Waals surface area contributed by atoms with Gasteiger partial charge in [-0.25, -0.2) is 0 Å². The molecule has 1 aromatic rings. The summed E-state index contributed by atoms with van der Waals surface area (Å²) in [7, 11) is 0. The Labute approximate surface area is 123 Å². The maximum Gasteiger partial charge on any atom is 0.149 e. The Balaban J connectivity index is 2.08. The number of piperidine rings is 1. The lowest BCUT2D eigenvalue weighted by Crippen LogP contribution is -2.44. The summed E-state index contributed by atoms with van der Waals surface area (Å²) in [6.07, 6.45) is 5.16. The Morgan fingerprint density at radius 3 is 2.75 bits per heavy atom. The van der Waals surface area contributed by atoms with Gasteiger partial charge in [-0.2, -0.15) is 0 Å². The van der Waals surface area contributed by atoms with Crippen LogP contribution in [0.2, 0.25) is 0 Å². The van der Waals surface area contributed by atoms with Gasteiger partial charge in [-0.1, -0.05) is 31.5 Å². The molecule has 0 amide bonds. The largest absolute Gasteiger partial charge is 0.298 e. The molecule has 0 aliphatic carbocycles. The van der Waals surface area contributed by atoms with E-state index in [2.05, 4.69) is 43.9 Å². The van der Waals surface area contributed by atoms with Crippen LogP contribution in [0, 0.1) is 13.8 Å². The fourth-order valence-electron chi connectivity index (χ4n) is 3.09. The third-order valence-corrected chi connectivity index (χ3v) is 4.44. The van der Waals surface area contributed by atoms with Gasteiger partial charge in [0.15, 0.2) is 0 Å². The lowest BCUT2D eigenvalue weighted by atomic mass is 9.95. The number of Topliss-reactive ketones (excluding diaryl/α,β-unsaturated/α-hetero) is 1. The molecule has 1 aliphatic heterocycles. The first-order chi connectivity index (χ1) is 9.61. The quantitative estimate of drug-likeness (QED) is 0.807. The second-order valence-corrected chi connectivity index (χ2v) is 6.12. The monoisotopic (exact) mass is 273 g/mol. The zero-order valence-corrected chi connectivity index (χ0v) is 13.1. The van der Waals surface area contributed by atoms with E-state index < -0.39 is 0 Å². The average molecular weight is 273 g/mol. The third kappa shape index (κ3) is 3.69. The molecule has 1 atom stereocenters.